The topological polar surface area (TPSA) is 3.24 Å². The summed E-state index contributed by atoms with van der Waals surface area (Å²) < 4.78 is 0. The Morgan fingerprint density at radius 2 is 1.67 bits per heavy atom. The minimum Gasteiger partial charge on any atom is -0.378 e. The van der Waals surface area contributed by atoms with Crippen molar-refractivity contribution in [2.75, 3.05) is 14.1 Å². The van der Waals surface area contributed by atoms with Gasteiger partial charge in [-0.2, -0.15) is 0 Å². The van der Waals surface area contributed by atoms with Crippen LogP contribution >= 0.6 is 0 Å². The zero-order valence-corrected chi connectivity index (χ0v) is 6.94. The highest BCUT2D eigenvalue weighted by atomic mass is 15.1. The van der Waals surface area contributed by atoms with Crippen LogP contribution in [-0.2, 0) is 0 Å². The summed E-state index contributed by atoms with van der Waals surface area (Å²) in [5, 5.41) is 0. The van der Waals surface area contributed by atoms with E-state index in [4.69, 9.17) is 0 Å². The average Bonchev–Trinajstić information content (AvgIpc) is 1.91. The minimum absolute atomic E-state index is 0.944. The predicted octanol–water partition coefficient (Wildman–Crippen LogP) is 2.27. The minimum atomic E-state index is 0.944. The highest BCUT2D eigenvalue weighted by Crippen LogP contribution is 1.91. The molecule has 0 spiro atoms. The molecular formula is C8H17N. The van der Waals surface area contributed by atoms with E-state index in [0.29, 0.717) is 0 Å². The smallest absolute Gasteiger partial charge is 0.0281 e. The molecule has 54 valence electrons. The first kappa shape index (κ1) is 11.1. The van der Waals surface area contributed by atoms with E-state index in [1.807, 2.05) is 32.8 Å². The fourth-order valence-corrected chi connectivity index (χ4v) is 0.183. The number of rotatable bonds is 2. The van der Waals surface area contributed by atoms with Crippen molar-refractivity contribution in [2.24, 2.45) is 0 Å². The van der Waals surface area contributed by atoms with Gasteiger partial charge >= 0.3 is 0 Å². The van der Waals surface area contributed by atoms with Crippen LogP contribution in [0.4, 0.5) is 0 Å². The second kappa shape index (κ2) is 7.28. The highest BCUT2D eigenvalue weighted by Gasteiger charge is 1.83. The molecule has 0 aromatic carbocycles. The second-order valence-corrected chi connectivity index (χ2v) is 1.59. The third-order valence-electron chi connectivity index (χ3n) is 0.810. The lowest BCUT2D eigenvalue weighted by molar-refractivity contribution is 0.533. The van der Waals surface area contributed by atoms with Gasteiger partial charge in [0.1, 0.15) is 0 Å². The van der Waals surface area contributed by atoms with E-state index in [9.17, 15) is 0 Å². The van der Waals surface area contributed by atoms with Gasteiger partial charge in [0.25, 0.3) is 0 Å². The maximum Gasteiger partial charge on any atom is 0.0281 e. The third kappa shape index (κ3) is 7.28. The van der Waals surface area contributed by atoms with Crippen molar-refractivity contribution in [1.82, 2.24) is 4.90 Å². The van der Waals surface area contributed by atoms with Gasteiger partial charge in [0, 0.05) is 19.8 Å². The van der Waals surface area contributed by atoms with Gasteiger partial charge < -0.3 is 4.90 Å². The van der Waals surface area contributed by atoms with Crippen molar-refractivity contribution in [3.63, 3.8) is 0 Å². The lowest BCUT2D eigenvalue weighted by Crippen LogP contribution is -2.06. The predicted molar refractivity (Wildman–Crippen MR) is 44.4 cm³/mol. The van der Waals surface area contributed by atoms with Gasteiger partial charge in [0.15, 0.2) is 0 Å². The molecule has 0 saturated heterocycles. The monoisotopic (exact) mass is 127 g/mol. The molecule has 0 amide bonds. The molecule has 0 bridgehead atoms. The first-order chi connectivity index (χ1) is 4.18. The van der Waals surface area contributed by atoms with Gasteiger partial charge in [0.05, 0.1) is 0 Å². The van der Waals surface area contributed by atoms with Crippen LogP contribution in [0.3, 0.4) is 0 Å². The molecule has 0 N–H and O–H groups in total. The lowest BCUT2D eigenvalue weighted by atomic mass is 10.4. The molecule has 1 heteroatoms. The normalized spacial score (nSPS) is 6.67. The van der Waals surface area contributed by atoms with E-state index in [1.165, 1.54) is 0 Å². The molecule has 0 aliphatic heterocycles. The number of allylic oxidation sites excluding steroid dienone is 1. The zero-order valence-electron chi connectivity index (χ0n) is 6.94. The standard InChI is InChI=1S/C6H11N.C2H6/c1-5-6(2)7(3)4;1-2/h5H,1-2H2,3-4H3;1-2H3. The molecule has 0 atom stereocenters. The molecule has 0 rings (SSSR count). The van der Waals surface area contributed by atoms with Crippen LogP contribution in [0.15, 0.2) is 24.9 Å². The molecule has 0 aromatic rings. The van der Waals surface area contributed by atoms with E-state index in [2.05, 4.69) is 13.2 Å². The average molecular weight is 127 g/mol. The van der Waals surface area contributed by atoms with Crippen molar-refractivity contribution >= 4 is 0 Å². The number of hydrogen-bond donors (Lipinski definition) is 0. The van der Waals surface area contributed by atoms with Gasteiger partial charge in [-0.3, -0.25) is 0 Å². The highest BCUT2D eigenvalue weighted by molar-refractivity contribution is 5.07. The molecule has 0 aromatic heterocycles. The maximum atomic E-state index is 3.68. The molecule has 0 unspecified atom stereocenters. The van der Waals surface area contributed by atoms with E-state index in [-0.39, 0.29) is 0 Å². The summed E-state index contributed by atoms with van der Waals surface area (Å²) in [7, 11) is 3.87. The Morgan fingerprint density at radius 3 is 1.67 bits per heavy atom. The Balaban J connectivity index is 0. The molecule has 1 nitrogen and oxygen atoms in total. The van der Waals surface area contributed by atoms with Crippen LogP contribution < -0.4 is 0 Å². The Morgan fingerprint density at radius 1 is 1.33 bits per heavy atom. The molecule has 0 aliphatic carbocycles. The summed E-state index contributed by atoms with van der Waals surface area (Å²) in [6.45, 7) is 11.2. The molecule has 9 heavy (non-hydrogen) atoms. The summed E-state index contributed by atoms with van der Waals surface area (Å²) in [4.78, 5) is 1.91. The SMILES string of the molecule is C=CC(=C)N(C)C.CC. The Bertz CT molecular complexity index is 82.6. The maximum absolute atomic E-state index is 3.68. The number of nitrogens with zero attached hydrogens (tertiary/aromatic N) is 1. The molecule has 0 fully saturated rings. The van der Waals surface area contributed by atoms with Gasteiger partial charge in [-0.1, -0.05) is 27.0 Å². The van der Waals surface area contributed by atoms with Crippen LogP contribution in [0.5, 0.6) is 0 Å². The summed E-state index contributed by atoms with van der Waals surface area (Å²) in [6.07, 6.45) is 1.72. The van der Waals surface area contributed by atoms with Crippen LogP contribution in [0.2, 0.25) is 0 Å². The first-order valence-electron chi connectivity index (χ1n) is 3.17. The van der Waals surface area contributed by atoms with Crippen LogP contribution in [0, 0.1) is 0 Å². The fraction of sp³-hybridized carbons (Fsp3) is 0.500. The van der Waals surface area contributed by atoms with E-state index >= 15 is 0 Å². The molecular weight excluding hydrogens is 110 g/mol. The Hall–Kier alpha value is -0.720. The summed E-state index contributed by atoms with van der Waals surface area (Å²) in [6, 6.07) is 0. The summed E-state index contributed by atoms with van der Waals surface area (Å²) in [5.74, 6) is 0. The molecule has 0 saturated carbocycles. The van der Waals surface area contributed by atoms with Crippen molar-refractivity contribution in [3.8, 4) is 0 Å². The zero-order chi connectivity index (χ0) is 7.86. The van der Waals surface area contributed by atoms with Gasteiger partial charge in [-0.25, -0.2) is 0 Å². The number of likely N-dealkylation sites (N-methyl/N-ethyl adjacent to an activating group) is 1. The van der Waals surface area contributed by atoms with E-state index < -0.39 is 0 Å². The van der Waals surface area contributed by atoms with Crippen molar-refractivity contribution < 1.29 is 0 Å². The van der Waals surface area contributed by atoms with Crippen LogP contribution in [0.1, 0.15) is 13.8 Å². The fourth-order valence-electron chi connectivity index (χ4n) is 0.183. The Labute approximate surface area is 58.7 Å². The Kier molecular flexibility index (Phi) is 9.00. The van der Waals surface area contributed by atoms with E-state index in [0.717, 1.165) is 5.70 Å². The van der Waals surface area contributed by atoms with Crippen molar-refractivity contribution in [2.45, 2.75) is 13.8 Å². The van der Waals surface area contributed by atoms with E-state index in [1.54, 1.807) is 6.08 Å². The van der Waals surface area contributed by atoms with Gasteiger partial charge in [-0.05, 0) is 6.08 Å². The second-order valence-electron chi connectivity index (χ2n) is 1.59. The lowest BCUT2D eigenvalue weighted by Gasteiger charge is -2.09. The van der Waals surface area contributed by atoms with Gasteiger partial charge in [0.2, 0.25) is 0 Å². The summed E-state index contributed by atoms with van der Waals surface area (Å²) >= 11 is 0. The van der Waals surface area contributed by atoms with Crippen LogP contribution in [0.25, 0.3) is 0 Å². The van der Waals surface area contributed by atoms with Gasteiger partial charge in [-0.15, -0.1) is 0 Å². The quantitative estimate of drug-likeness (QED) is 0.514. The van der Waals surface area contributed by atoms with Crippen LogP contribution in [-0.4, -0.2) is 19.0 Å². The van der Waals surface area contributed by atoms with Crippen molar-refractivity contribution in [1.29, 1.82) is 0 Å². The largest absolute Gasteiger partial charge is 0.378 e. The van der Waals surface area contributed by atoms with Crippen molar-refractivity contribution in [3.05, 3.63) is 24.9 Å². The molecule has 0 radical (unpaired) electrons. The molecule has 0 aliphatic rings. The summed E-state index contributed by atoms with van der Waals surface area (Å²) in [5.41, 5.74) is 0.944. The number of hydrogen-bond acceptors (Lipinski definition) is 1. The molecule has 0 heterocycles. The first-order valence-corrected chi connectivity index (χ1v) is 3.17. The third-order valence-corrected chi connectivity index (χ3v) is 0.810.